The third-order valence-corrected chi connectivity index (χ3v) is 2.77. The summed E-state index contributed by atoms with van der Waals surface area (Å²) >= 11 is 0. The van der Waals surface area contributed by atoms with Crippen LogP contribution < -0.4 is 10.5 Å². The van der Waals surface area contributed by atoms with Crippen LogP contribution in [0.3, 0.4) is 0 Å². The number of rotatable bonds is 4. The van der Waals surface area contributed by atoms with Gasteiger partial charge < -0.3 is 10.5 Å². The van der Waals surface area contributed by atoms with Crippen molar-refractivity contribution in [3.63, 3.8) is 0 Å². The van der Waals surface area contributed by atoms with Crippen molar-refractivity contribution in [1.82, 2.24) is 0 Å². The van der Waals surface area contributed by atoms with E-state index in [2.05, 4.69) is 0 Å². The molecule has 2 aromatic rings. The SMILES string of the molecule is Cc1ccc(Oc2ccc(CN)cc2)cc1[N+](=O)[O-]. The summed E-state index contributed by atoms with van der Waals surface area (Å²) in [5.74, 6) is 1.06. The summed E-state index contributed by atoms with van der Waals surface area (Å²) in [4.78, 5) is 10.4. The average Bonchev–Trinajstić information content (AvgIpc) is 2.41. The van der Waals surface area contributed by atoms with Crippen molar-refractivity contribution >= 4 is 5.69 Å². The minimum atomic E-state index is -0.417. The van der Waals surface area contributed by atoms with Gasteiger partial charge in [-0.3, -0.25) is 10.1 Å². The van der Waals surface area contributed by atoms with E-state index in [1.54, 1.807) is 31.2 Å². The number of ether oxygens (including phenoxy) is 1. The predicted octanol–water partition coefficient (Wildman–Crippen LogP) is 3.15. The molecule has 0 amide bonds. The molecule has 2 N–H and O–H groups in total. The van der Waals surface area contributed by atoms with Gasteiger partial charge in [-0.15, -0.1) is 0 Å². The minimum Gasteiger partial charge on any atom is -0.457 e. The molecule has 0 aromatic heterocycles. The van der Waals surface area contributed by atoms with Crippen LogP contribution in [0.25, 0.3) is 0 Å². The smallest absolute Gasteiger partial charge is 0.276 e. The summed E-state index contributed by atoms with van der Waals surface area (Å²) in [5.41, 5.74) is 7.17. The molecule has 0 saturated heterocycles. The Hall–Kier alpha value is -2.40. The van der Waals surface area contributed by atoms with Crippen molar-refractivity contribution in [3.05, 3.63) is 63.7 Å². The molecule has 0 fully saturated rings. The topological polar surface area (TPSA) is 78.4 Å². The molecular formula is C14H14N2O3. The fourth-order valence-corrected chi connectivity index (χ4v) is 1.68. The molecule has 0 radical (unpaired) electrons. The van der Waals surface area contributed by atoms with Crippen molar-refractivity contribution < 1.29 is 9.66 Å². The lowest BCUT2D eigenvalue weighted by molar-refractivity contribution is -0.385. The largest absolute Gasteiger partial charge is 0.457 e. The molecule has 0 unspecified atom stereocenters. The fraction of sp³-hybridized carbons (Fsp3) is 0.143. The van der Waals surface area contributed by atoms with Gasteiger partial charge in [-0.25, -0.2) is 0 Å². The van der Waals surface area contributed by atoms with Gasteiger partial charge in [-0.05, 0) is 36.8 Å². The quantitative estimate of drug-likeness (QED) is 0.675. The summed E-state index contributed by atoms with van der Waals surface area (Å²) < 4.78 is 5.58. The van der Waals surface area contributed by atoms with Crippen LogP contribution in [0.4, 0.5) is 5.69 Å². The van der Waals surface area contributed by atoms with Gasteiger partial charge in [0.2, 0.25) is 0 Å². The third-order valence-electron chi connectivity index (χ3n) is 2.77. The molecular weight excluding hydrogens is 244 g/mol. The van der Waals surface area contributed by atoms with Gasteiger partial charge in [-0.2, -0.15) is 0 Å². The second-order valence-corrected chi connectivity index (χ2v) is 4.16. The first kappa shape index (κ1) is 13.0. The van der Waals surface area contributed by atoms with Gasteiger partial charge in [0.05, 0.1) is 11.0 Å². The Balaban J connectivity index is 2.22. The van der Waals surface area contributed by atoms with Crippen LogP contribution in [0, 0.1) is 17.0 Å². The average molecular weight is 258 g/mol. The number of nitrogens with two attached hydrogens (primary N) is 1. The first-order valence-corrected chi connectivity index (χ1v) is 5.82. The van der Waals surface area contributed by atoms with Gasteiger partial charge in [0.1, 0.15) is 11.5 Å². The number of nitro benzene ring substituents is 1. The predicted molar refractivity (Wildman–Crippen MR) is 72.2 cm³/mol. The lowest BCUT2D eigenvalue weighted by atomic mass is 10.2. The zero-order chi connectivity index (χ0) is 13.8. The number of nitro groups is 1. The Labute approximate surface area is 110 Å². The van der Waals surface area contributed by atoms with Crippen LogP contribution >= 0.6 is 0 Å². The maximum Gasteiger partial charge on any atom is 0.276 e. The highest BCUT2D eigenvalue weighted by Gasteiger charge is 2.11. The summed E-state index contributed by atoms with van der Waals surface area (Å²) in [6.07, 6.45) is 0. The van der Waals surface area contributed by atoms with Crippen LogP contribution in [-0.2, 0) is 6.54 Å². The van der Waals surface area contributed by atoms with Crippen LogP contribution in [0.15, 0.2) is 42.5 Å². The number of nitrogens with zero attached hydrogens (tertiary/aromatic N) is 1. The molecule has 19 heavy (non-hydrogen) atoms. The molecule has 0 aliphatic carbocycles. The van der Waals surface area contributed by atoms with Crippen LogP contribution in [0.1, 0.15) is 11.1 Å². The zero-order valence-corrected chi connectivity index (χ0v) is 10.5. The maximum atomic E-state index is 10.8. The monoisotopic (exact) mass is 258 g/mol. The Kier molecular flexibility index (Phi) is 3.77. The van der Waals surface area contributed by atoms with Crippen LogP contribution in [0.2, 0.25) is 0 Å². The molecule has 0 spiro atoms. The number of hydrogen-bond donors (Lipinski definition) is 1. The van der Waals surface area contributed by atoms with Gasteiger partial charge in [-0.1, -0.05) is 12.1 Å². The second-order valence-electron chi connectivity index (χ2n) is 4.16. The van der Waals surface area contributed by atoms with Crippen molar-refractivity contribution in [3.8, 4) is 11.5 Å². The standard InChI is InChI=1S/C14H14N2O3/c1-10-2-5-13(8-14(10)16(17)18)19-12-6-3-11(9-15)4-7-12/h2-8H,9,15H2,1H3. The van der Waals surface area contributed by atoms with E-state index in [0.717, 1.165) is 5.56 Å². The molecule has 0 atom stereocenters. The molecule has 2 rings (SSSR count). The Morgan fingerprint density at radius 1 is 1.16 bits per heavy atom. The van der Waals surface area contributed by atoms with Gasteiger partial charge in [0, 0.05) is 12.1 Å². The van der Waals surface area contributed by atoms with Crippen molar-refractivity contribution in [1.29, 1.82) is 0 Å². The maximum absolute atomic E-state index is 10.8. The first-order chi connectivity index (χ1) is 9.10. The second kappa shape index (κ2) is 5.49. The minimum absolute atomic E-state index is 0.0519. The van der Waals surface area contributed by atoms with E-state index in [1.807, 2.05) is 12.1 Å². The Morgan fingerprint density at radius 2 is 1.79 bits per heavy atom. The lowest BCUT2D eigenvalue weighted by Crippen LogP contribution is -1.95. The lowest BCUT2D eigenvalue weighted by Gasteiger charge is -2.07. The van der Waals surface area contributed by atoms with Gasteiger partial charge in [0.15, 0.2) is 0 Å². The molecule has 0 saturated carbocycles. The highest BCUT2D eigenvalue weighted by molar-refractivity contribution is 5.46. The number of aryl methyl sites for hydroxylation is 1. The Morgan fingerprint density at radius 3 is 2.37 bits per heavy atom. The highest BCUT2D eigenvalue weighted by Crippen LogP contribution is 2.27. The van der Waals surface area contributed by atoms with E-state index in [9.17, 15) is 10.1 Å². The summed E-state index contributed by atoms with van der Waals surface area (Å²) in [6, 6.07) is 12.1. The van der Waals surface area contributed by atoms with E-state index < -0.39 is 4.92 Å². The van der Waals surface area contributed by atoms with E-state index in [1.165, 1.54) is 6.07 Å². The zero-order valence-electron chi connectivity index (χ0n) is 10.5. The van der Waals surface area contributed by atoms with Crippen molar-refractivity contribution in [2.45, 2.75) is 13.5 Å². The van der Waals surface area contributed by atoms with Gasteiger partial charge >= 0.3 is 0 Å². The van der Waals surface area contributed by atoms with Crippen LogP contribution in [0.5, 0.6) is 11.5 Å². The molecule has 0 bridgehead atoms. The molecule has 2 aromatic carbocycles. The molecule has 0 aliphatic rings. The number of hydrogen-bond acceptors (Lipinski definition) is 4. The summed E-state index contributed by atoms with van der Waals surface area (Å²) in [6.45, 7) is 2.16. The summed E-state index contributed by atoms with van der Waals surface area (Å²) in [7, 11) is 0. The molecule has 5 heteroatoms. The highest BCUT2D eigenvalue weighted by atomic mass is 16.6. The van der Waals surface area contributed by atoms with Crippen LogP contribution in [-0.4, -0.2) is 4.92 Å². The molecule has 5 nitrogen and oxygen atoms in total. The van der Waals surface area contributed by atoms with Gasteiger partial charge in [0.25, 0.3) is 5.69 Å². The van der Waals surface area contributed by atoms with E-state index >= 15 is 0 Å². The van der Waals surface area contributed by atoms with E-state index in [0.29, 0.717) is 23.6 Å². The van der Waals surface area contributed by atoms with Crippen molar-refractivity contribution in [2.75, 3.05) is 0 Å². The molecule has 98 valence electrons. The van der Waals surface area contributed by atoms with Crippen molar-refractivity contribution in [2.24, 2.45) is 5.73 Å². The molecule has 0 aliphatic heterocycles. The Bertz CT molecular complexity index is 594. The molecule has 0 heterocycles. The fourth-order valence-electron chi connectivity index (χ4n) is 1.68. The van der Waals surface area contributed by atoms with E-state index in [4.69, 9.17) is 10.5 Å². The summed E-state index contributed by atoms with van der Waals surface area (Å²) in [5, 5.41) is 10.8. The van der Waals surface area contributed by atoms with E-state index in [-0.39, 0.29) is 5.69 Å². The third kappa shape index (κ3) is 3.08. The normalized spacial score (nSPS) is 10.2. The first-order valence-electron chi connectivity index (χ1n) is 5.82. The number of benzene rings is 2.